The maximum atomic E-state index is 14.2. The summed E-state index contributed by atoms with van der Waals surface area (Å²) in [6.45, 7) is -0.00855. The van der Waals surface area contributed by atoms with Gasteiger partial charge >= 0.3 is 12.6 Å². The van der Waals surface area contributed by atoms with Crippen LogP contribution in [0.25, 0.3) is 16.9 Å². The number of nitrogens with one attached hydrogen (secondary N) is 1. The molecule has 0 aliphatic carbocycles. The van der Waals surface area contributed by atoms with Crippen LogP contribution >= 0.6 is 0 Å². The van der Waals surface area contributed by atoms with Gasteiger partial charge in [0.1, 0.15) is 5.82 Å². The van der Waals surface area contributed by atoms with Crippen LogP contribution in [0, 0.1) is 5.82 Å². The highest BCUT2D eigenvalue weighted by molar-refractivity contribution is 5.95. The first kappa shape index (κ1) is 21.3. The van der Waals surface area contributed by atoms with Crippen LogP contribution in [-0.4, -0.2) is 39.4 Å². The molecule has 0 spiro atoms. The fourth-order valence-electron chi connectivity index (χ4n) is 3.09. The average molecular weight is 452 g/mol. The minimum Gasteiger partial charge on any atom is -0.450 e. The second-order valence-corrected chi connectivity index (χ2v) is 6.49. The topological polar surface area (TPSA) is 164 Å². The molecule has 0 atom stereocenters. The van der Waals surface area contributed by atoms with Crippen LogP contribution in [0.2, 0.25) is 0 Å². The van der Waals surface area contributed by atoms with Gasteiger partial charge in [0.15, 0.2) is 23.1 Å². The Hall–Kier alpha value is -4.94. The lowest BCUT2D eigenvalue weighted by Gasteiger charge is -2.19. The lowest BCUT2D eigenvalue weighted by molar-refractivity contribution is -0.129. The van der Waals surface area contributed by atoms with Crippen molar-refractivity contribution < 1.29 is 23.6 Å². The van der Waals surface area contributed by atoms with Gasteiger partial charge in [-0.25, -0.2) is 9.18 Å². The number of para-hydroxylation sites is 2. The van der Waals surface area contributed by atoms with Crippen LogP contribution in [0.15, 0.2) is 48.5 Å². The lowest BCUT2D eigenvalue weighted by Crippen LogP contribution is -2.32. The fourth-order valence-corrected chi connectivity index (χ4v) is 3.09. The highest BCUT2D eigenvalue weighted by Gasteiger charge is 2.27. The standard InChI is InChI=1S/C20H17FN8O4/c1-32-20(31)29(33-10-30)15-16(22)25-19(26-17(15)23)28-14-9-5-2-6-11(14)18(27-28)24-13-8-4-3-7-12(13)21/h2-10H,1H3,(H,24,27)(H4,22,23,25,26). The molecule has 0 radical (unpaired) electrons. The molecule has 0 bridgehead atoms. The van der Waals surface area contributed by atoms with Crippen LogP contribution < -0.4 is 21.8 Å². The monoisotopic (exact) mass is 452 g/mol. The van der Waals surface area contributed by atoms with E-state index in [0.29, 0.717) is 21.8 Å². The minimum absolute atomic E-state index is 0.00855. The maximum Gasteiger partial charge on any atom is 0.448 e. The number of ether oxygens (including phenoxy) is 1. The van der Waals surface area contributed by atoms with Crippen molar-refractivity contribution in [1.82, 2.24) is 19.7 Å². The summed E-state index contributed by atoms with van der Waals surface area (Å²) in [6.07, 6.45) is -1.07. The molecule has 1 amide bonds. The van der Waals surface area contributed by atoms with Gasteiger partial charge in [-0.15, -0.1) is 5.10 Å². The van der Waals surface area contributed by atoms with Gasteiger partial charge in [0.25, 0.3) is 5.95 Å². The summed E-state index contributed by atoms with van der Waals surface area (Å²) in [6, 6.07) is 13.2. The Labute approximate surface area is 185 Å². The number of halogens is 1. The maximum absolute atomic E-state index is 14.2. The molecule has 0 aliphatic rings. The molecule has 168 valence electrons. The van der Waals surface area contributed by atoms with Crippen LogP contribution in [0.5, 0.6) is 0 Å². The lowest BCUT2D eigenvalue weighted by atomic mass is 10.2. The molecule has 2 aromatic carbocycles. The third kappa shape index (κ3) is 3.89. The first-order chi connectivity index (χ1) is 15.9. The molecule has 13 heteroatoms. The largest absolute Gasteiger partial charge is 0.450 e. The highest BCUT2D eigenvalue weighted by Crippen LogP contribution is 2.32. The van der Waals surface area contributed by atoms with Crippen molar-refractivity contribution in [3.05, 3.63) is 54.3 Å². The number of hydroxylamine groups is 1. The SMILES string of the molecule is COC(=O)N(OC=O)c1c(N)nc(-n2nc(Nc3ccccc3F)c3ccccc32)nc1N. The second kappa shape index (κ2) is 8.66. The Bertz CT molecular complexity index is 1340. The molecule has 33 heavy (non-hydrogen) atoms. The number of hydrogen-bond donors (Lipinski definition) is 3. The molecule has 0 aliphatic heterocycles. The number of anilines is 5. The van der Waals surface area contributed by atoms with Crippen molar-refractivity contribution in [1.29, 1.82) is 0 Å². The number of carbonyl (C=O) groups is 2. The zero-order chi connectivity index (χ0) is 23.5. The number of nitrogens with two attached hydrogens (primary N) is 2. The van der Waals surface area contributed by atoms with Crippen molar-refractivity contribution in [2.24, 2.45) is 0 Å². The first-order valence-corrected chi connectivity index (χ1v) is 9.35. The Balaban J connectivity index is 1.82. The first-order valence-electron chi connectivity index (χ1n) is 9.35. The van der Waals surface area contributed by atoms with Gasteiger partial charge in [0, 0.05) is 5.39 Å². The Morgan fingerprint density at radius 3 is 2.45 bits per heavy atom. The summed E-state index contributed by atoms with van der Waals surface area (Å²) in [7, 11) is 1.07. The van der Waals surface area contributed by atoms with Crippen LogP contribution in [0.1, 0.15) is 0 Å². The van der Waals surface area contributed by atoms with E-state index in [2.05, 4.69) is 30.0 Å². The Morgan fingerprint density at radius 1 is 1.12 bits per heavy atom. The van der Waals surface area contributed by atoms with Gasteiger partial charge in [0.2, 0.25) is 0 Å². The van der Waals surface area contributed by atoms with E-state index in [1.54, 1.807) is 42.5 Å². The van der Waals surface area contributed by atoms with E-state index in [4.69, 9.17) is 11.5 Å². The number of carbonyl (C=O) groups excluding carboxylic acids is 2. The van der Waals surface area contributed by atoms with Crippen molar-refractivity contribution >= 4 is 52.3 Å². The van der Waals surface area contributed by atoms with E-state index >= 15 is 0 Å². The number of nitrogen functional groups attached to an aromatic ring is 2. The predicted molar refractivity (Wildman–Crippen MR) is 117 cm³/mol. The molecule has 0 saturated heterocycles. The van der Waals surface area contributed by atoms with Gasteiger partial charge < -0.3 is 26.4 Å². The molecule has 4 aromatic rings. The number of methoxy groups -OCH3 is 1. The van der Waals surface area contributed by atoms with Crippen molar-refractivity contribution in [2.45, 2.75) is 0 Å². The van der Waals surface area contributed by atoms with Crippen molar-refractivity contribution in [3.63, 3.8) is 0 Å². The van der Waals surface area contributed by atoms with Gasteiger partial charge in [0.05, 0.1) is 18.3 Å². The van der Waals surface area contributed by atoms with Crippen LogP contribution in [-0.2, 0) is 14.4 Å². The summed E-state index contributed by atoms with van der Waals surface area (Å²) < 4.78 is 20.1. The smallest absolute Gasteiger partial charge is 0.448 e. The third-order valence-electron chi connectivity index (χ3n) is 4.52. The Morgan fingerprint density at radius 2 is 1.79 bits per heavy atom. The number of rotatable bonds is 6. The number of benzene rings is 2. The van der Waals surface area contributed by atoms with Gasteiger partial charge in [-0.05, 0) is 24.3 Å². The number of aromatic nitrogens is 4. The molecule has 2 heterocycles. The van der Waals surface area contributed by atoms with E-state index in [0.717, 1.165) is 7.11 Å². The molecule has 2 aromatic heterocycles. The van der Waals surface area contributed by atoms with Crippen molar-refractivity contribution in [3.8, 4) is 5.95 Å². The van der Waals surface area contributed by atoms with Crippen molar-refractivity contribution in [2.75, 3.05) is 29.0 Å². The number of amides is 1. The quantitative estimate of drug-likeness (QED) is 0.292. The summed E-state index contributed by atoms with van der Waals surface area (Å²) >= 11 is 0. The minimum atomic E-state index is -1.07. The van der Waals surface area contributed by atoms with Gasteiger partial charge in [-0.1, -0.05) is 29.3 Å². The molecule has 0 unspecified atom stereocenters. The molecular formula is C20H17FN8O4. The number of hydrogen-bond acceptors (Lipinski definition) is 10. The van der Waals surface area contributed by atoms with E-state index in [1.807, 2.05) is 0 Å². The summed E-state index contributed by atoms with van der Waals surface area (Å²) in [5.41, 5.74) is 12.5. The normalized spacial score (nSPS) is 10.6. The summed E-state index contributed by atoms with van der Waals surface area (Å²) in [5.74, 6) is -0.729. The predicted octanol–water partition coefficient (Wildman–Crippen LogP) is 2.52. The molecular weight excluding hydrogens is 435 g/mol. The fraction of sp³-hybridized carbons (Fsp3) is 0.0500. The zero-order valence-corrected chi connectivity index (χ0v) is 17.1. The zero-order valence-electron chi connectivity index (χ0n) is 17.1. The molecule has 0 saturated carbocycles. The average Bonchev–Trinajstić information content (AvgIpc) is 3.17. The number of nitrogens with zero attached hydrogens (tertiary/aromatic N) is 5. The highest BCUT2D eigenvalue weighted by atomic mass is 19.1. The third-order valence-corrected chi connectivity index (χ3v) is 4.52. The van der Waals surface area contributed by atoms with E-state index in [1.165, 1.54) is 10.7 Å². The van der Waals surface area contributed by atoms with E-state index < -0.39 is 11.9 Å². The molecule has 4 rings (SSSR count). The molecule has 0 fully saturated rings. The van der Waals surface area contributed by atoms with Gasteiger partial charge in [-0.2, -0.15) is 14.6 Å². The molecule has 5 N–H and O–H groups in total. The number of fused-ring (bicyclic) bond motifs is 1. The van der Waals surface area contributed by atoms with Crippen LogP contribution in [0.3, 0.4) is 0 Å². The summed E-state index contributed by atoms with van der Waals surface area (Å²) in [4.78, 5) is 35.7. The van der Waals surface area contributed by atoms with E-state index in [-0.39, 0.29) is 35.4 Å². The van der Waals surface area contributed by atoms with Gasteiger partial charge in [-0.3, -0.25) is 4.79 Å². The van der Waals surface area contributed by atoms with Crippen LogP contribution in [0.4, 0.5) is 38.0 Å². The Kier molecular flexibility index (Phi) is 5.59. The second-order valence-electron chi connectivity index (χ2n) is 6.49. The molecule has 12 nitrogen and oxygen atoms in total. The van der Waals surface area contributed by atoms with E-state index in [9.17, 15) is 14.0 Å². The summed E-state index contributed by atoms with van der Waals surface area (Å²) in [5, 5.41) is 8.47.